The molecule has 31 heavy (non-hydrogen) atoms. The van der Waals surface area contributed by atoms with Gasteiger partial charge in [0, 0.05) is 31.7 Å². The number of anilines is 1. The minimum absolute atomic E-state index is 0.0269. The zero-order valence-electron chi connectivity index (χ0n) is 17.9. The van der Waals surface area contributed by atoms with Crippen molar-refractivity contribution in [3.63, 3.8) is 0 Å². The molecule has 2 aromatic carbocycles. The van der Waals surface area contributed by atoms with Crippen LogP contribution in [0.1, 0.15) is 36.8 Å². The molecule has 0 aliphatic carbocycles. The van der Waals surface area contributed by atoms with Crippen LogP contribution < -0.4 is 20.1 Å². The molecule has 2 heterocycles. The molecule has 0 saturated carbocycles. The van der Waals surface area contributed by atoms with Crippen molar-refractivity contribution >= 4 is 17.6 Å². The highest BCUT2D eigenvalue weighted by Crippen LogP contribution is 2.32. The number of nitrogens with one attached hydrogen (secondary N) is 2. The summed E-state index contributed by atoms with van der Waals surface area (Å²) in [6, 6.07) is 13.4. The van der Waals surface area contributed by atoms with Crippen molar-refractivity contribution in [1.82, 2.24) is 10.2 Å². The van der Waals surface area contributed by atoms with E-state index in [1.807, 2.05) is 54.3 Å². The summed E-state index contributed by atoms with van der Waals surface area (Å²) < 4.78 is 10.7. The molecule has 3 amide bonds. The average molecular weight is 424 g/mol. The van der Waals surface area contributed by atoms with Gasteiger partial charge in [-0.15, -0.1) is 0 Å². The summed E-state index contributed by atoms with van der Waals surface area (Å²) >= 11 is 0. The van der Waals surface area contributed by atoms with Gasteiger partial charge in [-0.1, -0.05) is 18.2 Å². The normalized spacial score (nSPS) is 17.3. The summed E-state index contributed by atoms with van der Waals surface area (Å²) in [5.41, 5.74) is 2.91. The number of hydrogen-bond donors (Lipinski definition) is 2. The molecule has 2 N–H and O–H groups in total. The Balaban J connectivity index is 1.20. The Kier molecular flexibility index (Phi) is 6.60. The van der Waals surface area contributed by atoms with Crippen LogP contribution in [0.2, 0.25) is 0 Å². The van der Waals surface area contributed by atoms with Gasteiger partial charge in [0.05, 0.1) is 0 Å². The van der Waals surface area contributed by atoms with Crippen LogP contribution >= 0.6 is 0 Å². The maximum Gasteiger partial charge on any atom is 0.321 e. The molecule has 1 unspecified atom stereocenters. The lowest BCUT2D eigenvalue weighted by Gasteiger charge is -2.32. The zero-order chi connectivity index (χ0) is 21.6. The standard InChI is InChI=1S/C24H29N3O4/c1-17-4-2-6-20(12-17)26-24(29)27-11-3-5-18(15-27)8-10-23(28)25-14-19-7-9-21-22(13-19)31-16-30-21/h2,4,6-7,9,12-13,18H,3,5,8,10-11,14-16H2,1H3,(H,25,28)(H,26,29). The summed E-state index contributed by atoms with van der Waals surface area (Å²) in [5, 5.41) is 5.96. The van der Waals surface area contributed by atoms with Crippen molar-refractivity contribution in [2.24, 2.45) is 5.92 Å². The summed E-state index contributed by atoms with van der Waals surface area (Å²) in [4.78, 5) is 26.8. The fourth-order valence-electron chi connectivity index (χ4n) is 4.09. The molecule has 1 saturated heterocycles. The van der Waals surface area contributed by atoms with Gasteiger partial charge in [0.2, 0.25) is 12.7 Å². The van der Waals surface area contributed by atoms with E-state index in [0.717, 1.165) is 54.1 Å². The largest absolute Gasteiger partial charge is 0.454 e. The Morgan fingerprint density at radius 2 is 2.00 bits per heavy atom. The number of aryl methyl sites for hydroxylation is 1. The Hall–Kier alpha value is -3.22. The monoisotopic (exact) mass is 423 g/mol. The molecule has 0 radical (unpaired) electrons. The first-order valence-corrected chi connectivity index (χ1v) is 10.8. The maximum absolute atomic E-state index is 12.6. The van der Waals surface area contributed by atoms with E-state index in [1.54, 1.807) is 0 Å². The van der Waals surface area contributed by atoms with Crippen molar-refractivity contribution in [3.8, 4) is 11.5 Å². The van der Waals surface area contributed by atoms with E-state index in [1.165, 1.54) is 0 Å². The molecule has 1 atom stereocenters. The first-order valence-electron chi connectivity index (χ1n) is 10.8. The van der Waals surface area contributed by atoms with Crippen LogP contribution in [0.3, 0.4) is 0 Å². The van der Waals surface area contributed by atoms with Crippen LogP contribution in [0, 0.1) is 12.8 Å². The quantitative estimate of drug-likeness (QED) is 0.734. The number of ether oxygens (including phenoxy) is 2. The third-order valence-corrected chi connectivity index (χ3v) is 5.78. The highest BCUT2D eigenvalue weighted by Gasteiger charge is 2.24. The van der Waals surface area contributed by atoms with Gasteiger partial charge in [-0.25, -0.2) is 4.79 Å². The molecule has 2 aliphatic rings. The smallest absolute Gasteiger partial charge is 0.321 e. The minimum atomic E-state index is -0.0671. The molecule has 2 aromatic rings. The number of carbonyl (C=O) groups is 2. The number of rotatable bonds is 6. The number of nitrogens with zero attached hydrogens (tertiary/aromatic N) is 1. The number of likely N-dealkylation sites (tertiary alicyclic amines) is 1. The van der Waals surface area contributed by atoms with Crippen molar-refractivity contribution in [3.05, 3.63) is 53.6 Å². The van der Waals surface area contributed by atoms with E-state index in [0.29, 0.717) is 25.4 Å². The molecular weight excluding hydrogens is 394 g/mol. The lowest BCUT2D eigenvalue weighted by molar-refractivity contribution is -0.121. The molecule has 0 spiro atoms. The van der Waals surface area contributed by atoms with Crippen LogP contribution in [0.15, 0.2) is 42.5 Å². The summed E-state index contributed by atoms with van der Waals surface area (Å²) in [5.74, 6) is 1.83. The Morgan fingerprint density at radius 3 is 2.87 bits per heavy atom. The zero-order valence-corrected chi connectivity index (χ0v) is 17.9. The number of amides is 3. The van der Waals surface area contributed by atoms with Gasteiger partial charge < -0.3 is 25.0 Å². The van der Waals surface area contributed by atoms with E-state index < -0.39 is 0 Å². The number of piperidine rings is 1. The molecule has 1 fully saturated rings. The van der Waals surface area contributed by atoms with E-state index in [4.69, 9.17) is 9.47 Å². The van der Waals surface area contributed by atoms with Gasteiger partial charge in [0.1, 0.15) is 0 Å². The van der Waals surface area contributed by atoms with Gasteiger partial charge in [-0.05, 0) is 67.5 Å². The molecular formula is C24H29N3O4. The highest BCUT2D eigenvalue weighted by molar-refractivity contribution is 5.89. The summed E-state index contributed by atoms with van der Waals surface area (Å²) in [6.45, 7) is 4.15. The highest BCUT2D eigenvalue weighted by atomic mass is 16.7. The third-order valence-electron chi connectivity index (χ3n) is 5.78. The molecule has 7 nitrogen and oxygen atoms in total. The van der Waals surface area contributed by atoms with Crippen molar-refractivity contribution < 1.29 is 19.1 Å². The molecule has 0 aromatic heterocycles. The van der Waals surface area contributed by atoms with Crippen LogP contribution in [-0.2, 0) is 11.3 Å². The number of hydrogen-bond acceptors (Lipinski definition) is 4. The number of fused-ring (bicyclic) bond motifs is 1. The first kappa shape index (κ1) is 21.0. The van der Waals surface area contributed by atoms with Crippen LogP contribution in [0.5, 0.6) is 11.5 Å². The Morgan fingerprint density at radius 1 is 1.13 bits per heavy atom. The SMILES string of the molecule is Cc1cccc(NC(=O)N2CCCC(CCC(=O)NCc3ccc4c(c3)OCO4)C2)c1. The summed E-state index contributed by atoms with van der Waals surface area (Å²) in [6.07, 6.45) is 3.25. The lowest BCUT2D eigenvalue weighted by Crippen LogP contribution is -2.42. The second-order valence-corrected chi connectivity index (χ2v) is 8.26. The van der Waals surface area contributed by atoms with Crippen molar-refractivity contribution in [2.45, 2.75) is 39.2 Å². The predicted octanol–water partition coefficient (Wildman–Crippen LogP) is 4.06. The fourth-order valence-corrected chi connectivity index (χ4v) is 4.09. The lowest BCUT2D eigenvalue weighted by atomic mass is 9.93. The van der Waals surface area contributed by atoms with Crippen LogP contribution in [0.25, 0.3) is 0 Å². The van der Waals surface area contributed by atoms with Gasteiger partial charge in [-0.3, -0.25) is 4.79 Å². The van der Waals surface area contributed by atoms with Crippen LogP contribution in [-0.4, -0.2) is 36.7 Å². The second-order valence-electron chi connectivity index (χ2n) is 8.26. The minimum Gasteiger partial charge on any atom is -0.454 e. The Labute approximate surface area is 182 Å². The molecule has 2 aliphatic heterocycles. The molecule has 4 rings (SSSR count). The summed E-state index contributed by atoms with van der Waals surface area (Å²) in [7, 11) is 0. The van der Waals surface area contributed by atoms with Gasteiger partial charge in [0.15, 0.2) is 11.5 Å². The predicted molar refractivity (Wildman–Crippen MR) is 118 cm³/mol. The third kappa shape index (κ3) is 5.69. The van der Waals surface area contributed by atoms with Gasteiger partial charge >= 0.3 is 6.03 Å². The van der Waals surface area contributed by atoms with Crippen LogP contribution in [0.4, 0.5) is 10.5 Å². The van der Waals surface area contributed by atoms with Gasteiger partial charge in [0.25, 0.3) is 0 Å². The fraction of sp³-hybridized carbons (Fsp3) is 0.417. The molecule has 0 bridgehead atoms. The number of carbonyl (C=O) groups excluding carboxylic acids is 2. The second kappa shape index (κ2) is 9.73. The van der Waals surface area contributed by atoms with Crippen molar-refractivity contribution in [1.29, 1.82) is 0 Å². The van der Waals surface area contributed by atoms with E-state index in [2.05, 4.69) is 10.6 Å². The van der Waals surface area contributed by atoms with Gasteiger partial charge in [-0.2, -0.15) is 0 Å². The number of urea groups is 1. The molecule has 164 valence electrons. The Bertz CT molecular complexity index is 946. The van der Waals surface area contributed by atoms with Crippen molar-refractivity contribution in [2.75, 3.05) is 25.2 Å². The maximum atomic E-state index is 12.6. The average Bonchev–Trinajstić information content (AvgIpc) is 3.24. The topological polar surface area (TPSA) is 79.9 Å². The van der Waals surface area contributed by atoms with E-state index in [9.17, 15) is 9.59 Å². The molecule has 7 heteroatoms. The van der Waals surface area contributed by atoms with E-state index in [-0.39, 0.29) is 18.7 Å². The van der Waals surface area contributed by atoms with E-state index >= 15 is 0 Å². The first-order chi connectivity index (χ1) is 15.1. The number of benzene rings is 2.